The summed E-state index contributed by atoms with van der Waals surface area (Å²) in [5, 5.41) is 0. The molecule has 5 aromatic carbocycles. The average Bonchev–Trinajstić information content (AvgIpc) is 3.30. The van der Waals surface area contributed by atoms with E-state index in [0.29, 0.717) is 0 Å². The third kappa shape index (κ3) is 5.45. The van der Waals surface area contributed by atoms with Crippen LogP contribution in [0, 0.1) is 13.8 Å². The SMILES string of the molecule is Cc1ccc(S(=O)(=O)NC2C(/C(=C/c3ccccc3)c3cccc(C)c3)=C(c3ccccc3)c3ccccc32)cc1. The highest BCUT2D eigenvalue weighted by molar-refractivity contribution is 7.89. The number of hydrogen-bond acceptors (Lipinski definition) is 2. The maximum Gasteiger partial charge on any atom is 0.241 e. The summed E-state index contributed by atoms with van der Waals surface area (Å²) in [6.07, 6.45) is 2.17. The van der Waals surface area contributed by atoms with Gasteiger partial charge in [-0.25, -0.2) is 8.42 Å². The predicted molar refractivity (Wildman–Crippen MR) is 169 cm³/mol. The first-order valence-corrected chi connectivity index (χ1v) is 15.2. The van der Waals surface area contributed by atoms with Crippen LogP contribution in [-0.2, 0) is 10.0 Å². The van der Waals surface area contributed by atoms with E-state index in [-0.39, 0.29) is 4.90 Å². The molecule has 0 bridgehead atoms. The minimum Gasteiger partial charge on any atom is -0.207 e. The fraction of sp³-hybridized carbons (Fsp3) is 0.0811. The quantitative estimate of drug-likeness (QED) is 0.206. The van der Waals surface area contributed by atoms with Crippen molar-refractivity contribution >= 4 is 27.2 Å². The summed E-state index contributed by atoms with van der Waals surface area (Å²) < 4.78 is 31.0. The van der Waals surface area contributed by atoms with E-state index < -0.39 is 16.1 Å². The molecule has 1 aliphatic carbocycles. The third-order valence-electron chi connectivity index (χ3n) is 7.50. The molecule has 41 heavy (non-hydrogen) atoms. The van der Waals surface area contributed by atoms with Crippen LogP contribution in [0.2, 0.25) is 0 Å². The van der Waals surface area contributed by atoms with E-state index in [4.69, 9.17) is 0 Å². The topological polar surface area (TPSA) is 46.2 Å². The van der Waals surface area contributed by atoms with Gasteiger partial charge in [0.05, 0.1) is 10.9 Å². The molecule has 0 fully saturated rings. The molecule has 1 atom stereocenters. The first kappa shape index (κ1) is 26.7. The van der Waals surface area contributed by atoms with E-state index in [1.807, 2.05) is 73.7 Å². The van der Waals surface area contributed by atoms with Gasteiger partial charge in [0.15, 0.2) is 0 Å². The molecular formula is C37H31NO2S. The second-order valence-electron chi connectivity index (χ2n) is 10.4. The molecule has 202 valence electrons. The molecule has 0 aliphatic heterocycles. The maximum absolute atomic E-state index is 13.9. The van der Waals surface area contributed by atoms with E-state index in [1.165, 1.54) is 0 Å². The lowest BCUT2D eigenvalue weighted by atomic mass is 9.87. The Hall–Kier alpha value is -4.51. The Morgan fingerprint density at radius 2 is 1.34 bits per heavy atom. The molecule has 1 unspecified atom stereocenters. The fourth-order valence-corrected chi connectivity index (χ4v) is 6.72. The second-order valence-corrected chi connectivity index (χ2v) is 12.2. The van der Waals surface area contributed by atoms with Gasteiger partial charge in [-0.3, -0.25) is 0 Å². The lowest BCUT2D eigenvalue weighted by Crippen LogP contribution is -2.29. The maximum atomic E-state index is 13.9. The van der Waals surface area contributed by atoms with Crippen molar-refractivity contribution in [3.8, 4) is 0 Å². The molecule has 0 radical (unpaired) electrons. The van der Waals surface area contributed by atoms with Crippen molar-refractivity contribution in [3.63, 3.8) is 0 Å². The van der Waals surface area contributed by atoms with Crippen LogP contribution < -0.4 is 4.72 Å². The largest absolute Gasteiger partial charge is 0.241 e. The van der Waals surface area contributed by atoms with Gasteiger partial charge >= 0.3 is 0 Å². The average molecular weight is 554 g/mol. The zero-order valence-electron chi connectivity index (χ0n) is 23.1. The number of fused-ring (bicyclic) bond motifs is 1. The number of sulfonamides is 1. The Balaban J connectivity index is 1.64. The van der Waals surface area contributed by atoms with Crippen molar-refractivity contribution in [2.75, 3.05) is 0 Å². The lowest BCUT2D eigenvalue weighted by Gasteiger charge is -2.23. The van der Waals surface area contributed by atoms with Gasteiger partial charge in [-0.2, -0.15) is 4.72 Å². The molecule has 1 N–H and O–H groups in total. The number of aryl methyl sites for hydroxylation is 2. The van der Waals surface area contributed by atoms with Crippen molar-refractivity contribution in [1.82, 2.24) is 4.72 Å². The summed E-state index contributed by atoms with van der Waals surface area (Å²) >= 11 is 0. The van der Waals surface area contributed by atoms with Crippen LogP contribution >= 0.6 is 0 Å². The van der Waals surface area contributed by atoms with Gasteiger partial charge in [0.1, 0.15) is 0 Å². The van der Waals surface area contributed by atoms with Gasteiger partial charge < -0.3 is 0 Å². The van der Waals surface area contributed by atoms with Crippen LogP contribution in [0.25, 0.3) is 17.2 Å². The van der Waals surface area contributed by atoms with Crippen molar-refractivity contribution in [2.45, 2.75) is 24.8 Å². The molecule has 5 aromatic rings. The minimum atomic E-state index is -3.85. The van der Waals surface area contributed by atoms with Gasteiger partial charge in [-0.05, 0) is 76.6 Å². The van der Waals surface area contributed by atoms with Gasteiger partial charge in [0.2, 0.25) is 10.0 Å². The van der Waals surface area contributed by atoms with Crippen LogP contribution in [-0.4, -0.2) is 8.42 Å². The van der Waals surface area contributed by atoms with E-state index >= 15 is 0 Å². The summed E-state index contributed by atoms with van der Waals surface area (Å²) in [7, 11) is -3.85. The molecule has 1 aliphatic rings. The highest BCUT2D eigenvalue weighted by atomic mass is 32.2. The molecule has 0 saturated heterocycles. The van der Waals surface area contributed by atoms with Crippen molar-refractivity contribution in [3.05, 3.63) is 178 Å². The van der Waals surface area contributed by atoms with Crippen LogP contribution in [0.3, 0.4) is 0 Å². The van der Waals surface area contributed by atoms with Crippen LogP contribution in [0.15, 0.2) is 144 Å². The molecule has 0 aromatic heterocycles. The van der Waals surface area contributed by atoms with Gasteiger partial charge in [-0.15, -0.1) is 0 Å². The van der Waals surface area contributed by atoms with Gasteiger partial charge in [0, 0.05) is 0 Å². The smallest absolute Gasteiger partial charge is 0.207 e. The predicted octanol–water partition coefficient (Wildman–Crippen LogP) is 8.38. The molecule has 0 spiro atoms. The summed E-state index contributed by atoms with van der Waals surface area (Å²) in [6, 6.07) is 43.4. The van der Waals surface area contributed by atoms with Gasteiger partial charge in [-0.1, -0.05) is 132 Å². The monoisotopic (exact) mass is 553 g/mol. The molecule has 0 heterocycles. The minimum absolute atomic E-state index is 0.247. The molecule has 0 amide bonds. The number of hydrogen-bond donors (Lipinski definition) is 1. The summed E-state index contributed by atoms with van der Waals surface area (Å²) in [5.41, 5.74) is 10.2. The second kappa shape index (κ2) is 11.2. The van der Waals surface area contributed by atoms with E-state index in [2.05, 4.69) is 72.3 Å². The number of nitrogens with one attached hydrogen (secondary N) is 1. The van der Waals surface area contributed by atoms with E-state index in [0.717, 1.165) is 55.7 Å². The first-order chi connectivity index (χ1) is 19.9. The van der Waals surface area contributed by atoms with Crippen LogP contribution in [0.5, 0.6) is 0 Å². The van der Waals surface area contributed by atoms with E-state index in [1.54, 1.807) is 12.1 Å². The molecular weight excluding hydrogens is 522 g/mol. The van der Waals surface area contributed by atoms with Gasteiger partial charge in [0.25, 0.3) is 0 Å². The summed E-state index contributed by atoms with van der Waals surface area (Å²) in [4.78, 5) is 0.247. The Bertz CT molecular complexity index is 1870. The van der Waals surface area contributed by atoms with Crippen molar-refractivity contribution in [2.24, 2.45) is 0 Å². The Labute approximate surface area is 242 Å². The number of rotatable bonds is 7. The molecule has 0 saturated carbocycles. The summed E-state index contributed by atoms with van der Waals surface area (Å²) in [6.45, 7) is 4.03. The number of benzene rings is 5. The molecule has 6 rings (SSSR count). The highest BCUT2D eigenvalue weighted by Gasteiger charge is 2.37. The first-order valence-electron chi connectivity index (χ1n) is 13.7. The normalized spacial score (nSPS) is 15.2. The van der Waals surface area contributed by atoms with Crippen LogP contribution in [0.1, 0.15) is 45.0 Å². The lowest BCUT2D eigenvalue weighted by molar-refractivity contribution is 0.573. The third-order valence-corrected chi connectivity index (χ3v) is 8.93. The Morgan fingerprint density at radius 3 is 2.05 bits per heavy atom. The van der Waals surface area contributed by atoms with Crippen molar-refractivity contribution in [1.29, 1.82) is 0 Å². The Kier molecular flexibility index (Phi) is 7.27. The highest BCUT2D eigenvalue weighted by Crippen LogP contribution is 2.50. The molecule has 4 heteroatoms. The summed E-state index contributed by atoms with van der Waals surface area (Å²) in [5.74, 6) is 0. The van der Waals surface area contributed by atoms with Crippen LogP contribution in [0.4, 0.5) is 0 Å². The zero-order valence-corrected chi connectivity index (χ0v) is 23.9. The van der Waals surface area contributed by atoms with E-state index in [9.17, 15) is 8.42 Å². The standard InChI is InChI=1S/C37H31NO2S/c1-26-20-22-31(23-21-26)41(39,40)38-37-33-19-10-9-18-32(33)35(29-15-7-4-8-16-29)36(37)34(25-28-13-5-3-6-14-28)30-17-11-12-27(2)24-30/h3-25,37-38H,1-2H3/b34-25+. The van der Waals surface area contributed by atoms with Crippen molar-refractivity contribution < 1.29 is 8.42 Å². The fourth-order valence-electron chi connectivity index (χ4n) is 5.54. The Morgan fingerprint density at radius 1 is 0.683 bits per heavy atom. The zero-order chi connectivity index (χ0) is 28.4. The molecule has 3 nitrogen and oxygen atoms in total.